The van der Waals surface area contributed by atoms with E-state index in [0.29, 0.717) is 3.63 Å². The molecule has 2 aromatic carbocycles. The van der Waals surface area contributed by atoms with Crippen LogP contribution in [0.5, 0.6) is 0 Å². The van der Waals surface area contributed by atoms with Crippen LogP contribution in [0.4, 0.5) is 0 Å². The second-order valence-corrected chi connectivity index (χ2v) is 5.46. The summed E-state index contributed by atoms with van der Waals surface area (Å²) in [5.41, 5.74) is 2.83. The van der Waals surface area contributed by atoms with Crippen LogP contribution in [0.3, 0.4) is 0 Å². The normalized spacial score (nSPS) is 8.86. The summed E-state index contributed by atoms with van der Waals surface area (Å²) in [5.74, 6) is 0. The summed E-state index contributed by atoms with van der Waals surface area (Å²) in [4.78, 5) is 0. The van der Waals surface area contributed by atoms with Crippen molar-refractivity contribution >= 4 is 24.8 Å². The van der Waals surface area contributed by atoms with E-state index in [-0.39, 0.29) is 24.8 Å². The minimum atomic E-state index is 0. The Morgan fingerprint density at radius 2 is 1.10 bits per heavy atom. The Labute approximate surface area is 156 Å². The standard InChI is InChI=1S/C13H11.C4H10O.2ClH.Zr/c1-3-7-12(8-4-1)11-13-9-5-2-6-10-13;1-3-5-4-2;;;/h1-11H;3-4H2,1-2H3;2*1H;. The second-order valence-electron chi connectivity index (χ2n) is 4.04. The van der Waals surface area contributed by atoms with Crippen LogP contribution in [0.2, 0.25) is 0 Å². The van der Waals surface area contributed by atoms with Crippen molar-refractivity contribution in [3.8, 4) is 0 Å². The Morgan fingerprint density at radius 3 is 1.33 bits per heavy atom. The Kier molecular flexibility index (Phi) is 16.3. The molecule has 0 aliphatic carbocycles. The van der Waals surface area contributed by atoms with E-state index in [9.17, 15) is 0 Å². The summed E-state index contributed by atoms with van der Waals surface area (Å²) in [6, 6.07) is 21.4. The Hall–Kier alpha value is -0.137. The topological polar surface area (TPSA) is 9.23 Å². The molecule has 0 aliphatic rings. The van der Waals surface area contributed by atoms with Gasteiger partial charge < -0.3 is 4.74 Å². The minimum absolute atomic E-state index is 0. The average Bonchev–Trinajstić information content (AvgIpc) is 2.50. The first-order valence-electron chi connectivity index (χ1n) is 6.68. The van der Waals surface area contributed by atoms with Crippen molar-refractivity contribution in [1.82, 2.24) is 0 Å². The molecular formula is C17H23Cl2OZr. The van der Waals surface area contributed by atoms with Crippen LogP contribution in [-0.2, 0) is 29.5 Å². The van der Waals surface area contributed by atoms with Gasteiger partial charge in [-0.25, -0.2) is 0 Å². The van der Waals surface area contributed by atoms with Gasteiger partial charge in [-0.15, -0.1) is 24.8 Å². The average molecular weight is 406 g/mol. The molecular weight excluding hydrogens is 382 g/mol. The van der Waals surface area contributed by atoms with E-state index < -0.39 is 0 Å². The van der Waals surface area contributed by atoms with E-state index in [1.54, 1.807) is 24.7 Å². The quantitative estimate of drug-likeness (QED) is 0.679. The fraction of sp³-hybridized carbons (Fsp3) is 0.294. The molecule has 0 atom stereocenters. The number of hydrogen-bond acceptors (Lipinski definition) is 1. The second kappa shape index (κ2) is 14.8. The Bertz CT molecular complexity index is 396. The molecule has 0 saturated carbocycles. The van der Waals surface area contributed by atoms with Crippen molar-refractivity contribution in [2.24, 2.45) is 0 Å². The van der Waals surface area contributed by atoms with E-state index in [1.807, 2.05) is 13.8 Å². The summed E-state index contributed by atoms with van der Waals surface area (Å²) < 4.78 is 5.41. The van der Waals surface area contributed by atoms with Crippen LogP contribution in [0.25, 0.3) is 0 Å². The molecule has 0 radical (unpaired) electrons. The SMILES string of the molecule is CCOCC.Cl.Cl.[Zr][CH](c1ccccc1)c1ccccc1. The molecule has 21 heavy (non-hydrogen) atoms. The molecule has 1 nitrogen and oxygen atoms in total. The molecule has 0 aromatic heterocycles. The van der Waals surface area contributed by atoms with Gasteiger partial charge in [0.1, 0.15) is 0 Å². The fourth-order valence-corrected chi connectivity index (χ4v) is 2.63. The third-order valence-corrected chi connectivity index (χ3v) is 4.31. The van der Waals surface area contributed by atoms with Gasteiger partial charge in [0, 0.05) is 13.2 Å². The molecule has 0 spiro atoms. The molecule has 0 N–H and O–H groups in total. The third-order valence-electron chi connectivity index (χ3n) is 2.67. The maximum atomic E-state index is 4.83. The molecule has 0 bridgehead atoms. The van der Waals surface area contributed by atoms with E-state index in [4.69, 9.17) is 4.74 Å². The number of ether oxygens (including phenoxy) is 1. The first kappa shape index (κ1) is 23.1. The van der Waals surface area contributed by atoms with Gasteiger partial charge in [0.25, 0.3) is 0 Å². The molecule has 115 valence electrons. The molecule has 0 fully saturated rings. The zero-order valence-electron chi connectivity index (χ0n) is 12.5. The van der Waals surface area contributed by atoms with Crippen LogP contribution in [0.1, 0.15) is 28.6 Å². The molecule has 0 saturated heterocycles. The summed E-state index contributed by atoms with van der Waals surface area (Å²) in [5, 5.41) is 0. The number of benzene rings is 2. The molecule has 2 aromatic rings. The van der Waals surface area contributed by atoms with Gasteiger partial charge >= 0.3 is 100 Å². The van der Waals surface area contributed by atoms with Crippen molar-refractivity contribution in [2.45, 2.75) is 17.5 Å². The molecule has 0 amide bonds. The zero-order chi connectivity index (χ0) is 13.9. The number of halogens is 2. The van der Waals surface area contributed by atoms with Crippen LogP contribution in [0.15, 0.2) is 60.7 Å². The predicted molar refractivity (Wildman–Crippen MR) is 91.4 cm³/mol. The summed E-state index contributed by atoms with van der Waals surface area (Å²) in [7, 11) is 0. The van der Waals surface area contributed by atoms with Crippen molar-refractivity contribution < 1.29 is 29.5 Å². The Morgan fingerprint density at radius 1 is 0.762 bits per heavy atom. The van der Waals surface area contributed by atoms with Gasteiger partial charge in [-0.1, -0.05) is 0 Å². The first-order valence-corrected chi connectivity index (χ1v) is 8.10. The number of hydrogen-bond donors (Lipinski definition) is 0. The monoisotopic (exact) mass is 403 g/mol. The van der Waals surface area contributed by atoms with Gasteiger partial charge in [0.15, 0.2) is 0 Å². The molecule has 0 aliphatic heterocycles. The van der Waals surface area contributed by atoms with Crippen LogP contribution < -0.4 is 0 Å². The predicted octanol–water partition coefficient (Wildman–Crippen LogP) is 5.21. The first-order chi connectivity index (χ1) is 9.29. The molecule has 2 rings (SSSR count). The Balaban J connectivity index is 0. The maximum absolute atomic E-state index is 4.83. The van der Waals surface area contributed by atoms with Gasteiger partial charge in [-0.05, 0) is 13.8 Å². The van der Waals surface area contributed by atoms with Crippen LogP contribution >= 0.6 is 24.8 Å². The zero-order valence-corrected chi connectivity index (χ0v) is 16.6. The van der Waals surface area contributed by atoms with E-state index in [2.05, 4.69) is 60.7 Å². The summed E-state index contributed by atoms with van der Waals surface area (Å²) in [6.45, 7) is 5.67. The van der Waals surface area contributed by atoms with Crippen molar-refractivity contribution in [2.75, 3.05) is 13.2 Å². The van der Waals surface area contributed by atoms with Crippen molar-refractivity contribution in [3.63, 3.8) is 0 Å². The summed E-state index contributed by atoms with van der Waals surface area (Å²) in [6.07, 6.45) is 0. The van der Waals surface area contributed by atoms with Crippen molar-refractivity contribution in [1.29, 1.82) is 0 Å². The van der Waals surface area contributed by atoms with E-state index in [1.165, 1.54) is 11.1 Å². The van der Waals surface area contributed by atoms with Crippen LogP contribution in [-0.4, -0.2) is 13.2 Å². The van der Waals surface area contributed by atoms with Gasteiger partial charge in [0.05, 0.1) is 0 Å². The fourth-order valence-electron chi connectivity index (χ4n) is 1.69. The van der Waals surface area contributed by atoms with Gasteiger partial charge in [-0.3, -0.25) is 0 Å². The van der Waals surface area contributed by atoms with Crippen LogP contribution in [0, 0.1) is 0 Å². The van der Waals surface area contributed by atoms with E-state index >= 15 is 0 Å². The van der Waals surface area contributed by atoms with E-state index in [0.717, 1.165) is 13.2 Å². The molecule has 4 heteroatoms. The van der Waals surface area contributed by atoms with Crippen molar-refractivity contribution in [3.05, 3.63) is 71.8 Å². The van der Waals surface area contributed by atoms with Gasteiger partial charge in [-0.2, -0.15) is 0 Å². The molecule has 0 unspecified atom stereocenters. The summed E-state index contributed by atoms with van der Waals surface area (Å²) >= 11 is 1.54. The third kappa shape index (κ3) is 9.48. The number of rotatable bonds is 4. The van der Waals surface area contributed by atoms with Gasteiger partial charge in [0.2, 0.25) is 0 Å². The molecule has 0 heterocycles.